The van der Waals surface area contributed by atoms with Gasteiger partial charge in [-0.3, -0.25) is 0 Å². The molecule has 1 aromatic rings. The predicted molar refractivity (Wildman–Crippen MR) is 77.6 cm³/mol. The molecule has 0 aliphatic rings. The van der Waals surface area contributed by atoms with Gasteiger partial charge in [0.25, 0.3) is 0 Å². The molecule has 0 heterocycles. The van der Waals surface area contributed by atoms with Crippen molar-refractivity contribution in [3.8, 4) is 6.07 Å². The Hall–Kier alpha value is -1.49. The highest BCUT2D eigenvalue weighted by molar-refractivity contribution is 5.51. The van der Waals surface area contributed by atoms with Crippen LogP contribution in [0.15, 0.2) is 24.3 Å². The number of benzene rings is 1. The maximum absolute atomic E-state index is 8.95. The number of anilines is 1. The average Bonchev–Trinajstić information content (AvgIpc) is 2.37. The van der Waals surface area contributed by atoms with E-state index in [1.807, 2.05) is 13.8 Å². The first-order valence-corrected chi connectivity index (χ1v) is 6.82. The molecule has 0 fully saturated rings. The van der Waals surface area contributed by atoms with Gasteiger partial charge in [-0.05, 0) is 44.7 Å². The first kappa shape index (κ1) is 14.6. The molecule has 1 rings (SSSR count). The van der Waals surface area contributed by atoms with Crippen LogP contribution in [0.5, 0.6) is 0 Å². The fourth-order valence-corrected chi connectivity index (χ4v) is 1.99. The van der Waals surface area contributed by atoms with Gasteiger partial charge < -0.3 is 5.32 Å². The molecule has 0 aliphatic carbocycles. The molecule has 0 spiro atoms. The van der Waals surface area contributed by atoms with E-state index >= 15 is 0 Å². The molecular weight excluding hydrogens is 220 g/mol. The topological polar surface area (TPSA) is 35.8 Å². The fraction of sp³-hybridized carbons (Fsp3) is 0.562. The molecule has 0 radical (unpaired) electrons. The standard InChI is InChI=1S/C16H24N2/c1-4-8-14-9-5-6-10-15(14)18-12-7-11-16(2,3)13-17/h5-6,9-10,18H,4,7-8,11-12H2,1-3H3. The van der Waals surface area contributed by atoms with Crippen LogP contribution in [0.25, 0.3) is 0 Å². The summed E-state index contributed by atoms with van der Waals surface area (Å²) in [6.45, 7) is 7.13. The molecular formula is C16H24N2. The summed E-state index contributed by atoms with van der Waals surface area (Å²) in [6, 6.07) is 10.8. The van der Waals surface area contributed by atoms with E-state index < -0.39 is 0 Å². The Morgan fingerprint density at radius 3 is 2.67 bits per heavy atom. The minimum absolute atomic E-state index is 0.204. The smallest absolute Gasteiger partial charge is 0.0683 e. The molecule has 0 saturated heterocycles. The molecule has 2 heteroatoms. The van der Waals surface area contributed by atoms with E-state index in [2.05, 4.69) is 42.6 Å². The minimum atomic E-state index is -0.204. The van der Waals surface area contributed by atoms with Crippen LogP contribution in [0, 0.1) is 16.7 Å². The van der Waals surface area contributed by atoms with E-state index in [9.17, 15) is 0 Å². The van der Waals surface area contributed by atoms with Gasteiger partial charge in [-0.25, -0.2) is 0 Å². The Labute approximate surface area is 111 Å². The van der Waals surface area contributed by atoms with Crippen LogP contribution >= 0.6 is 0 Å². The summed E-state index contributed by atoms with van der Waals surface area (Å²) in [7, 11) is 0. The highest BCUT2D eigenvalue weighted by Gasteiger charge is 2.15. The van der Waals surface area contributed by atoms with Crippen LogP contribution in [0.3, 0.4) is 0 Å². The summed E-state index contributed by atoms with van der Waals surface area (Å²) in [5.74, 6) is 0. The first-order valence-electron chi connectivity index (χ1n) is 6.82. The molecule has 0 aliphatic heterocycles. The van der Waals surface area contributed by atoms with Gasteiger partial charge in [-0.15, -0.1) is 0 Å². The van der Waals surface area contributed by atoms with Crippen molar-refractivity contribution in [2.45, 2.75) is 46.5 Å². The summed E-state index contributed by atoms with van der Waals surface area (Å²) in [5.41, 5.74) is 2.43. The Bertz CT molecular complexity index is 402. The maximum atomic E-state index is 8.95. The lowest BCUT2D eigenvalue weighted by Gasteiger charge is -2.16. The second kappa shape index (κ2) is 7.06. The zero-order valence-corrected chi connectivity index (χ0v) is 11.8. The molecule has 0 bridgehead atoms. The summed E-state index contributed by atoms with van der Waals surface area (Å²) in [6.07, 6.45) is 4.25. The molecule has 0 saturated carbocycles. The lowest BCUT2D eigenvalue weighted by atomic mass is 9.90. The molecule has 1 aromatic carbocycles. The van der Waals surface area contributed by atoms with Gasteiger partial charge in [0.1, 0.15) is 0 Å². The number of nitrogens with one attached hydrogen (secondary N) is 1. The lowest BCUT2D eigenvalue weighted by Crippen LogP contribution is -2.11. The Kier molecular flexibility index (Phi) is 5.71. The SMILES string of the molecule is CCCc1ccccc1NCCCC(C)(C)C#N. The zero-order chi connectivity index (χ0) is 13.4. The van der Waals surface area contributed by atoms with Crippen molar-refractivity contribution in [1.82, 2.24) is 0 Å². The van der Waals surface area contributed by atoms with Crippen molar-refractivity contribution < 1.29 is 0 Å². The molecule has 0 atom stereocenters. The zero-order valence-electron chi connectivity index (χ0n) is 11.8. The molecule has 98 valence electrons. The number of rotatable bonds is 7. The van der Waals surface area contributed by atoms with E-state index in [1.54, 1.807) is 0 Å². The van der Waals surface area contributed by atoms with Crippen LogP contribution in [-0.2, 0) is 6.42 Å². The monoisotopic (exact) mass is 244 g/mol. The van der Waals surface area contributed by atoms with E-state index in [0.717, 1.165) is 25.8 Å². The summed E-state index contributed by atoms with van der Waals surface area (Å²) in [5, 5.41) is 12.4. The van der Waals surface area contributed by atoms with E-state index in [4.69, 9.17) is 5.26 Å². The normalized spacial score (nSPS) is 11.0. The van der Waals surface area contributed by atoms with Crippen LogP contribution in [0.1, 0.15) is 45.6 Å². The molecule has 2 nitrogen and oxygen atoms in total. The quantitative estimate of drug-likeness (QED) is 0.722. The maximum Gasteiger partial charge on any atom is 0.0683 e. The fourth-order valence-electron chi connectivity index (χ4n) is 1.99. The van der Waals surface area contributed by atoms with Crippen LogP contribution in [-0.4, -0.2) is 6.54 Å². The van der Waals surface area contributed by atoms with Crippen LogP contribution in [0.2, 0.25) is 0 Å². The summed E-state index contributed by atoms with van der Waals surface area (Å²) < 4.78 is 0. The third-order valence-corrected chi connectivity index (χ3v) is 3.13. The molecule has 1 N–H and O–H groups in total. The van der Waals surface area contributed by atoms with Gasteiger partial charge in [0.2, 0.25) is 0 Å². The van der Waals surface area contributed by atoms with Crippen molar-refractivity contribution in [2.24, 2.45) is 5.41 Å². The number of nitrogens with zero attached hydrogens (tertiary/aromatic N) is 1. The Morgan fingerprint density at radius 1 is 1.28 bits per heavy atom. The minimum Gasteiger partial charge on any atom is -0.385 e. The average molecular weight is 244 g/mol. The second-order valence-corrected chi connectivity index (χ2v) is 5.43. The van der Waals surface area contributed by atoms with Gasteiger partial charge in [0, 0.05) is 12.2 Å². The van der Waals surface area contributed by atoms with Gasteiger partial charge >= 0.3 is 0 Å². The van der Waals surface area contributed by atoms with Gasteiger partial charge in [0.15, 0.2) is 0 Å². The van der Waals surface area contributed by atoms with Crippen molar-refractivity contribution >= 4 is 5.69 Å². The van der Waals surface area contributed by atoms with E-state index in [0.29, 0.717) is 0 Å². The summed E-state index contributed by atoms with van der Waals surface area (Å²) in [4.78, 5) is 0. The van der Waals surface area contributed by atoms with Gasteiger partial charge in [-0.2, -0.15) is 5.26 Å². The number of hydrogen-bond donors (Lipinski definition) is 1. The second-order valence-electron chi connectivity index (χ2n) is 5.43. The summed E-state index contributed by atoms with van der Waals surface area (Å²) >= 11 is 0. The third-order valence-electron chi connectivity index (χ3n) is 3.13. The molecule has 18 heavy (non-hydrogen) atoms. The van der Waals surface area contributed by atoms with Crippen molar-refractivity contribution in [1.29, 1.82) is 5.26 Å². The van der Waals surface area contributed by atoms with Crippen molar-refractivity contribution in [2.75, 3.05) is 11.9 Å². The molecule has 0 amide bonds. The predicted octanol–water partition coefficient (Wildman–Crippen LogP) is 4.38. The molecule has 0 aromatic heterocycles. The van der Waals surface area contributed by atoms with Crippen LogP contribution in [0.4, 0.5) is 5.69 Å². The number of para-hydroxylation sites is 1. The van der Waals surface area contributed by atoms with Crippen LogP contribution < -0.4 is 5.32 Å². The lowest BCUT2D eigenvalue weighted by molar-refractivity contribution is 0.441. The largest absolute Gasteiger partial charge is 0.385 e. The van der Waals surface area contributed by atoms with Crippen molar-refractivity contribution in [3.05, 3.63) is 29.8 Å². The van der Waals surface area contributed by atoms with Crippen molar-refractivity contribution in [3.63, 3.8) is 0 Å². The van der Waals surface area contributed by atoms with Gasteiger partial charge in [-0.1, -0.05) is 31.5 Å². The first-order chi connectivity index (χ1) is 8.59. The number of aryl methyl sites for hydroxylation is 1. The van der Waals surface area contributed by atoms with E-state index in [1.165, 1.54) is 17.7 Å². The Morgan fingerprint density at radius 2 is 2.00 bits per heavy atom. The number of nitriles is 1. The highest BCUT2D eigenvalue weighted by atomic mass is 14.9. The number of hydrogen-bond acceptors (Lipinski definition) is 2. The van der Waals surface area contributed by atoms with Gasteiger partial charge in [0.05, 0.1) is 11.5 Å². The van der Waals surface area contributed by atoms with E-state index in [-0.39, 0.29) is 5.41 Å². The molecule has 0 unspecified atom stereocenters. The Balaban J connectivity index is 2.42. The third kappa shape index (κ3) is 4.79. The highest BCUT2D eigenvalue weighted by Crippen LogP contribution is 2.21.